The first-order valence-corrected chi connectivity index (χ1v) is 13.6. The van der Waals surface area contributed by atoms with E-state index in [2.05, 4.69) is 0 Å². The van der Waals surface area contributed by atoms with E-state index in [1.165, 1.54) is 0 Å². The Morgan fingerprint density at radius 2 is 1.75 bits per heavy atom. The Kier molecular flexibility index (Phi) is 4.76. The van der Waals surface area contributed by atoms with Gasteiger partial charge < -0.3 is 14.4 Å². The molecule has 2 aromatic carbocycles. The Morgan fingerprint density at radius 1 is 1.06 bits per heavy atom. The molecule has 7 nitrogen and oxygen atoms in total. The number of hydrogen-bond acceptors (Lipinski definition) is 5. The summed E-state index contributed by atoms with van der Waals surface area (Å²) in [5.74, 6) is 0.884. The number of nitrogens with zero attached hydrogens (tertiary/aromatic N) is 3. The summed E-state index contributed by atoms with van der Waals surface area (Å²) in [6.07, 6.45) is 3.62. The monoisotopic (exact) mass is 453 g/mol. The lowest BCUT2D eigenvalue weighted by molar-refractivity contribution is 0.0298. The van der Waals surface area contributed by atoms with Crippen molar-refractivity contribution in [3.63, 3.8) is 0 Å². The van der Waals surface area contributed by atoms with Gasteiger partial charge in [0.05, 0.1) is 31.7 Å². The van der Waals surface area contributed by atoms with E-state index in [1.54, 1.807) is 12.0 Å². The normalized spacial score (nSPS) is 19.8. The number of carbonyl (C=O) groups is 1. The molecule has 0 unspecified atom stereocenters. The molecule has 2 aliphatic heterocycles. The summed E-state index contributed by atoms with van der Waals surface area (Å²) in [6, 6.07) is 15.3. The second-order valence-electron chi connectivity index (χ2n) is 8.90. The average molecular weight is 454 g/mol. The SMILES string of the molecule is COc1ccc(-n2nc(C(=O)N3CCOCC3)c3c2-c2ccccc2S(C)(C)(=O)C3)cc1. The van der Waals surface area contributed by atoms with Crippen molar-refractivity contribution in [1.82, 2.24) is 14.7 Å². The van der Waals surface area contributed by atoms with Gasteiger partial charge in [-0.1, -0.05) is 27.3 Å². The molecule has 0 bridgehead atoms. The number of benzene rings is 2. The summed E-state index contributed by atoms with van der Waals surface area (Å²) in [6.45, 7) is 2.07. The van der Waals surface area contributed by atoms with Crippen LogP contribution in [0.2, 0.25) is 0 Å². The van der Waals surface area contributed by atoms with Gasteiger partial charge in [0.1, 0.15) is 5.75 Å². The number of ether oxygens (including phenoxy) is 2. The summed E-state index contributed by atoms with van der Waals surface area (Å²) >= 11 is 0. The maximum atomic E-state index is 14.2. The summed E-state index contributed by atoms with van der Waals surface area (Å²) in [5.41, 5.74) is 3.62. The van der Waals surface area contributed by atoms with Crippen LogP contribution in [0.1, 0.15) is 16.1 Å². The molecule has 0 N–H and O–H groups in total. The maximum Gasteiger partial charge on any atom is 0.274 e. The molecule has 0 aliphatic carbocycles. The zero-order valence-electron chi connectivity index (χ0n) is 18.5. The number of morpholine rings is 1. The summed E-state index contributed by atoms with van der Waals surface area (Å²) in [4.78, 5) is 16.1. The minimum Gasteiger partial charge on any atom is -0.497 e. The Balaban J connectivity index is 1.75. The highest BCUT2D eigenvalue weighted by Gasteiger charge is 2.42. The van der Waals surface area contributed by atoms with Crippen molar-refractivity contribution in [1.29, 1.82) is 0 Å². The Labute approximate surface area is 187 Å². The third-order valence-electron chi connectivity index (χ3n) is 6.19. The van der Waals surface area contributed by atoms with E-state index < -0.39 is 9.07 Å². The second-order valence-corrected chi connectivity index (χ2v) is 13.8. The van der Waals surface area contributed by atoms with Gasteiger partial charge in [0.25, 0.3) is 5.91 Å². The Bertz CT molecular complexity index is 1270. The number of methoxy groups -OCH3 is 1. The van der Waals surface area contributed by atoms with E-state index in [-0.39, 0.29) is 11.7 Å². The van der Waals surface area contributed by atoms with Crippen molar-refractivity contribution in [3.8, 4) is 22.7 Å². The molecule has 2 aliphatic rings. The van der Waals surface area contributed by atoms with Crippen molar-refractivity contribution < 1.29 is 18.5 Å². The van der Waals surface area contributed by atoms with E-state index in [9.17, 15) is 9.00 Å². The highest BCUT2D eigenvalue weighted by Crippen LogP contribution is 2.48. The first-order chi connectivity index (χ1) is 15.3. The van der Waals surface area contributed by atoms with Gasteiger partial charge >= 0.3 is 0 Å². The van der Waals surface area contributed by atoms with E-state index in [0.29, 0.717) is 32.0 Å². The van der Waals surface area contributed by atoms with Crippen LogP contribution in [0.4, 0.5) is 0 Å². The number of aromatic nitrogens is 2. The molecule has 5 rings (SSSR count). The zero-order valence-corrected chi connectivity index (χ0v) is 19.4. The molecule has 0 atom stereocenters. The highest BCUT2D eigenvalue weighted by atomic mass is 32.3. The largest absolute Gasteiger partial charge is 0.497 e. The van der Waals surface area contributed by atoms with Crippen LogP contribution in [0.15, 0.2) is 53.4 Å². The van der Waals surface area contributed by atoms with Crippen LogP contribution < -0.4 is 4.74 Å². The summed E-state index contributed by atoms with van der Waals surface area (Å²) in [7, 11) is -1.59. The molecule has 0 spiro atoms. The molecule has 0 saturated carbocycles. The van der Waals surface area contributed by atoms with Crippen molar-refractivity contribution in [2.45, 2.75) is 10.6 Å². The van der Waals surface area contributed by atoms with E-state index in [4.69, 9.17) is 14.6 Å². The fourth-order valence-electron chi connectivity index (χ4n) is 4.58. The van der Waals surface area contributed by atoms with Gasteiger partial charge in [-0.15, -0.1) is 0 Å². The van der Waals surface area contributed by atoms with Gasteiger partial charge in [0.15, 0.2) is 5.69 Å². The molecule has 168 valence electrons. The molecule has 3 aromatic rings. The Hall–Kier alpha value is -2.97. The van der Waals surface area contributed by atoms with Crippen LogP contribution >= 0.6 is 0 Å². The maximum absolute atomic E-state index is 14.2. The second kappa shape index (κ2) is 7.28. The number of fused-ring (bicyclic) bond motifs is 3. The van der Waals surface area contributed by atoms with Gasteiger partial charge in [-0.05, 0) is 42.8 Å². The van der Waals surface area contributed by atoms with E-state index >= 15 is 0 Å². The molecule has 3 heterocycles. The summed E-state index contributed by atoms with van der Waals surface area (Å²) in [5, 5.41) is 4.81. The van der Waals surface area contributed by atoms with E-state index in [0.717, 1.165) is 33.2 Å². The third kappa shape index (κ3) is 3.34. The molecule has 1 saturated heterocycles. The molecular weight excluding hydrogens is 426 g/mol. The highest BCUT2D eigenvalue weighted by molar-refractivity contribution is 8.18. The number of hydrogen-bond donors (Lipinski definition) is 0. The predicted molar refractivity (Wildman–Crippen MR) is 124 cm³/mol. The molecule has 8 heteroatoms. The van der Waals surface area contributed by atoms with Crippen LogP contribution in [-0.4, -0.2) is 70.7 Å². The zero-order chi connectivity index (χ0) is 22.5. The average Bonchev–Trinajstić information content (AvgIpc) is 3.17. The van der Waals surface area contributed by atoms with Gasteiger partial charge in [0, 0.05) is 34.9 Å². The van der Waals surface area contributed by atoms with Gasteiger partial charge in [-0.3, -0.25) is 9.00 Å². The number of rotatable bonds is 3. The molecule has 32 heavy (non-hydrogen) atoms. The minimum absolute atomic E-state index is 0.140. The van der Waals surface area contributed by atoms with Crippen molar-refractivity contribution in [3.05, 3.63) is 59.8 Å². The van der Waals surface area contributed by atoms with Gasteiger partial charge in [0.2, 0.25) is 0 Å². The lowest BCUT2D eigenvalue weighted by Gasteiger charge is -2.40. The van der Waals surface area contributed by atoms with Crippen LogP contribution in [0, 0.1) is 0 Å². The molecule has 1 fully saturated rings. The first-order valence-electron chi connectivity index (χ1n) is 10.6. The molecular formula is C24H27N3O4S. The fourth-order valence-corrected chi connectivity index (χ4v) is 7.20. The fraction of sp³-hybridized carbons (Fsp3) is 0.333. The van der Waals surface area contributed by atoms with Crippen molar-refractivity contribution in [2.24, 2.45) is 0 Å². The summed E-state index contributed by atoms with van der Waals surface area (Å²) < 4.78 is 26.7. The van der Waals surface area contributed by atoms with Crippen molar-refractivity contribution in [2.75, 3.05) is 45.9 Å². The van der Waals surface area contributed by atoms with Crippen LogP contribution in [0.25, 0.3) is 16.9 Å². The quantitative estimate of drug-likeness (QED) is 0.610. The van der Waals surface area contributed by atoms with Crippen LogP contribution in [0.3, 0.4) is 0 Å². The van der Waals surface area contributed by atoms with Gasteiger partial charge in [-0.25, -0.2) is 4.68 Å². The smallest absolute Gasteiger partial charge is 0.274 e. The lowest BCUT2D eigenvalue weighted by atomic mass is 10.0. The van der Waals surface area contributed by atoms with E-state index in [1.807, 2.05) is 65.7 Å². The van der Waals surface area contributed by atoms with Gasteiger partial charge in [-0.2, -0.15) is 5.10 Å². The standard InChI is InChI=1S/C24H27N3O4S/c1-30-18-10-8-17(9-11-18)27-23-19-6-4-5-7-21(19)32(2,3,29)16-20(23)22(25-27)24(28)26-12-14-31-15-13-26/h4-11H,12-16H2,1-3H3. The third-order valence-corrected chi connectivity index (χ3v) is 9.05. The van der Waals surface area contributed by atoms with Crippen LogP contribution in [0.5, 0.6) is 5.75 Å². The van der Waals surface area contributed by atoms with Crippen LogP contribution in [-0.2, 0) is 19.6 Å². The molecule has 1 amide bonds. The minimum atomic E-state index is -3.21. The number of carbonyl (C=O) groups excluding carboxylic acids is 1. The topological polar surface area (TPSA) is 73.7 Å². The first kappa shape index (κ1) is 20.9. The predicted octanol–water partition coefficient (Wildman–Crippen LogP) is 2.97. The molecule has 0 radical (unpaired) electrons. The van der Waals surface area contributed by atoms with Crippen molar-refractivity contribution >= 4 is 15.0 Å². The molecule has 1 aromatic heterocycles. The Morgan fingerprint density at radius 3 is 2.44 bits per heavy atom. The number of amides is 1. The lowest BCUT2D eigenvalue weighted by Crippen LogP contribution is -2.42.